The summed E-state index contributed by atoms with van der Waals surface area (Å²) in [6, 6.07) is 5.03. The molecule has 3 heterocycles. The van der Waals surface area contributed by atoms with Crippen LogP contribution in [0.5, 0.6) is 0 Å². The van der Waals surface area contributed by atoms with Crippen molar-refractivity contribution in [1.29, 1.82) is 0 Å². The second-order valence-electron chi connectivity index (χ2n) is 7.74. The number of fused-ring (bicyclic) bond motifs is 1. The summed E-state index contributed by atoms with van der Waals surface area (Å²) in [6.07, 6.45) is 0.638. The second kappa shape index (κ2) is 11.5. The summed E-state index contributed by atoms with van der Waals surface area (Å²) in [5.74, 6) is -0.686. The van der Waals surface area contributed by atoms with Gasteiger partial charge in [0, 0.05) is 38.3 Å². The number of carbonyl (C=O) groups excluding carboxylic acids is 1. The van der Waals surface area contributed by atoms with Crippen molar-refractivity contribution < 1.29 is 23.8 Å². The Morgan fingerprint density at radius 3 is 2.74 bits per heavy atom. The van der Waals surface area contributed by atoms with Crippen LogP contribution in [0, 0.1) is 11.6 Å². The highest BCUT2D eigenvalue weighted by atomic mass is 32.1. The SMILES string of the molecule is CC.C[C@@H]1CN(c2ncc(C[C@@H](O)CO)cc2F)CCN1C(=O)Nc1nc2ccc(F)cc2s1. The molecular weight excluding hydrogens is 464 g/mol. The van der Waals surface area contributed by atoms with Gasteiger partial charge in [-0.25, -0.2) is 23.5 Å². The lowest BCUT2D eigenvalue weighted by Gasteiger charge is -2.40. The molecule has 0 spiro atoms. The zero-order valence-corrected chi connectivity index (χ0v) is 20.1. The van der Waals surface area contributed by atoms with Crippen molar-refractivity contribution >= 4 is 38.5 Å². The number of piperazine rings is 1. The van der Waals surface area contributed by atoms with Crippen LogP contribution in [0.1, 0.15) is 26.3 Å². The molecular formula is C23H29F2N5O3S. The highest BCUT2D eigenvalue weighted by molar-refractivity contribution is 7.22. The van der Waals surface area contributed by atoms with E-state index in [2.05, 4.69) is 15.3 Å². The van der Waals surface area contributed by atoms with Crippen molar-refractivity contribution in [1.82, 2.24) is 14.9 Å². The van der Waals surface area contributed by atoms with Gasteiger partial charge < -0.3 is 20.0 Å². The largest absolute Gasteiger partial charge is 0.394 e. The first-order valence-corrected chi connectivity index (χ1v) is 12.0. The minimum absolute atomic E-state index is 0.115. The molecule has 34 heavy (non-hydrogen) atoms. The first-order valence-electron chi connectivity index (χ1n) is 11.2. The Balaban J connectivity index is 0.00000158. The molecule has 3 aromatic rings. The summed E-state index contributed by atoms with van der Waals surface area (Å²) in [5, 5.41) is 21.6. The number of thiazole rings is 1. The number of benzene rings is 1. The average molecular weight is 494 g/mol. The minimum Gasteiger partial charge on any atom is -0.394 e. The third kappa shape index (κ3) is 5.96. The lowest BCUT2D eigenvalue weighted by molar-refractivity contribution is 0.0954. The summed E-state index contributed by atoms with van der Waals surface area (Å²) >= 11 is 1.20. The summed E-state index contributed by atoms with van der Waals surface area (Å²) in [5.41, 5.74) is 1.11. The predicted molar refractivity (Wildman–Crippen MR) is 129 cm³/mol. The number of halogens is 2. The Labute approximate surface area is 200 Å². The molecule has 1 fully saturated rings. The maximum absolute atomic E-state index is 14.6. The molecule has 8 nitrogen and oxygen atoms in total. The van der Waals surface area contributed by atoms with E-state index in [1.54, 1.807) is 15.9 Å². The Morgan fingerprint density at radius 1 is 1.29 bits per heavy atom. The minimum atomic E-state index is -0.960. The second-order valence-corrected chi connectivity index (χ2v) is 8.77. The normalized spacial score (nSPS) is 16.7. The number of aliphatic hydroxyl groups is 2. The third-order valence-electron chi connectivity index (χ3n) is 5.31. The zero-order valence-electron chi connectivity index (χ0n) is 19.3. The van der Waals surface area contributed by atoms with Crippen LogP contribution in [-0.4, -0.2) is 69.5 Å². The molecule has 0 unspecified atom stereocenters. The molecule has 1 aliphatic heterocycles. The molecule has 0 bridgehead atoms. The van der Waals surface area contributed by atoms with E-state index < -0.39 is 18.5 Å². The van der Waals surface area contributed by atoms with Crippen LogP contribution in [0.25, 0.3) is 10.2 Å². The van der Waals surface area contributed by atoms with Crippen LogP contribution >= 0.6 is 11.3 Å². The van der Waals surface area contributed by atoms with Gasteiger partial charge in [0.05, 0.1) is 22.9 Å². The Bertz CT molecular complexity index is 1130. The third-order valence-corrected chi connectivity index (χ3v) is 6.25. The van der Waals surface area contributed by atoms with Gasteiger partial charge in [-0.1, -0.05) is 25.2 Å². The van der Waals surface area contributed by atoms with E-state index in [-0.39, 0.29) is 30.1 Å². The molecule has 0 radical (unpaired) electrons. The fraction of sp³-hybridized carbons (Fsp3) is 0.435. The molecule has 0 aliphatic carbocycles. The number of rotatable bonds is 5. The fourth-order valence-corrected chi connectivity index (χ4v) is 4.60. The first-order chi connectivity index (χ1) is 16.3. The van der Waals surface area contributed by atoms with Crippen molar-refractivity contribution in [2.24, 2.45) is 0 Å². The highest BCUT2D eigenvalue weighted by Crippen LogP contribution is 2.27. The molecule has 184 valence electrons. The van der Waals surface area contributed by atoms with Crippen LogP contribution in [0.15, 0.2) is 30.5 Å². The van der Waals surface area contributed by atoms with Crippen molar-refractivity contribution in [3.05, 3.63) is 47.7 Å². The Morgan fingerprint density at radius 2 is 2.06 bits per heavy atom. The lowest BCUT2D eigenvalue weighted by Crippen LogP contribution is -2.55. The van der Waals surface area contributed by atoms with Crippen LogP contribution in [0.4, 0.5) is 24.5 Å². The molecule has 2 atom stereocenters. The monoisotopic (exact) mass is 493 g/mol. The number of nitrogens with one attached hydrogen (secondary N) is 1. The van der Waals surface area contributed by atoms with Gasteiger partial charge >= 0.3 is 6.03 Å². The molecule has 1 aromatic carbocycles. The van der Waals surface area contributed by atoms with E-state index in [4.69, 9.17) is 5.11 Å². The van der Waals surface area contributed by atoms with E-state index in [0.29, 0.717) is 40.5 Å². The molecule has 2 aromatic heterocycles. The van der Waals surface area contributed by atoms with Crippen molar-refractivity contribution in [3.63, 3.8) is 0 Å². The van der Waals surface area contributed by atoms with E-state index in [1.807, 2.05) is 20.8 Å². The number of anilines is 2. The van der Waals surface area contributed by atoms with Gasteiger partial charge in [-0.2, -0.15) is 0 Å². The maximum Gasteiger partial charge on any atom is 0.324 e. The van der Waals surface area contributed by atoms with Crippen molar-refractivity contribution in [3.8, 4) is 0 Å². The number of nitrogens with zero attached hydrogens (tertiary/aromatic N) is 4. The summed E-state index contributed by atoms with van der Waals surface area (Å²) in [7, 11) is 0. The van der Waals surface area contributed by atoms with Gasteiger partial charge in [0.25, 0.3) is 0 Å². The first kappa shape index (κ1) is 25.7. The van der Waals surface area contributed by atoms with E-state index in [9.17, 15) is 18.7 Å². The zero-order chi connectivity index (χ0) is 24.8. The number of hydrogen-bond donors (Lipinski definition) is 3. The van der Waals surface area contributed by atoms with Crippen LogP contribution in [0.2, 0.25) is 0 Å². The number of aliphatic hydroxyl groups excluding tert-OH is 2. The Hall–Kier alpha value is -2.89. The molecule has 2 amide bonds. The smallest absolute Gasteiger partial charge is 0.324 e. The maximum atomic E-state index is 14.6. The lowest BCUT2D eigenvalue weighted by atomic mass is 10.1. The summed E-state index contributed by atoms with van der Waals surface area (Å²) in [4.78, 5) is 24.7. The summed E-state index contributed by atoms with van der Waals surface area (Å²) in [6.45, 7) is 6.60. The number of pyridine rings is 1. The number of hydrogen-bond acceptors (Lipinski definition) is 7. The van der Waals surface area contributed by atoms with E-state index in [1.165, 1.54) is 35.7 Å². The molecule has 11 heteroatoms. The number of carbonyl (C=O) groups is 1. The highest BCUT2D eigenvalue weighted by Gasteiger charge is 2.30. The van der Waals surface area contributed by atoms with Gasteiger partial charge in [-0.05, 0) is 36.8 Å². The van der Waals surface area contributed by atoms with Gasteiger partial charge in [0.15, 0.2) is 16.8 Å². The molecule has 3 N–H and O–H groups in total. The average Bonchev–Trinajstić information content (AvgIpc) is 3.21. The molecule has 1 saturated heterocycles. The van der Waals surface area contributed by atoms with Crippen molar-refractivity contribution in [2.45, 2.75) is 39.3 Å². The van der Waals surface area contributed by atoms with E-state index in [0.717, 1.165) is 0 Å². The van der Waals surface area contributed by atoms with Crippen LogP contribution < -0.4 is 10.2 Å². The number of aromatic nitrogens is 2. The van der Waals surface area contributed by atoms with Gasteiger partial charge in [0.2, 0.25) is 0 Å². The Kier molecular flexibility index (Phi) is 8.70. The standard InChI is InChI=1S/C21H23F2N5O3S.C2H6/c1-12-10-27(19-16(23)7-13(9-24-19)6-15(30)11-29)4-5-28(12)21(31)26-20-25-17-3-2-14(22)8-18(17)32-20;1-2/h2-3,7-9,12,15,29-30H,4-6,10-11H2,1H3,(H,25,26,31);1-2H3/t12-,15-;/m1./s1. The van der Waals surface area contributed by atoms with E-state index >= 15 is 0 Å². The van der Waals surface area contributed by atoms with Crippen molar-refractivity contribution in [2.75, 3.05) is 36.5 Å². The van der Waals surface area contributed by atoms with Crippen LogP contribution in [-0.2, 0) is 6.42 Å². The quantitative estimate of drug-likeness (QED) is 0.502. The van der Waals surface area contributed by atoms with Gasteiger partial charge in [-0.3, -0.25) is 5.32 Å². The molecule has 4 rings (SSSR count). The van der Waals surface area contributed by atoms with Gasteiger partial charge in [0.1, 0.15) is 5.82 Å². The fourth-order valence-electron chi connectivity index (χ4n) is 3.72. The number of urea groups is 1. The predicted octanol–water partition coefficient (Wildman–Crippen LogP) is 3.63. The molecule has 1 aliphatic rings. The topological polar surface area (TPSA) is 102 Å². The number of amides is 2. The summed E-state index contributed by atoms with van der Waals surface area (Å²) < 4.78 is 28.6. The van der Waals surface area contributed by atoms with Gasteiger partial charge in [-0.15, -0.1) is 0 Å². The molecule has 0 saturated carbocycles. The van der Waals surface area contributed by atoms with Crippen LogP contribution in [0.3, 0.4) is 0 Å².